The van der Waals surface area contributed by atoms with Crippen molar-refractivity contribution in [1.82, 2.24) is 10.2 Å². The Balaban J connectivity index is 1.97. The van der Waals surface area contributed by atoms with Crippen LogP contribution in [0.1, 0.15) is 44.2 Å². The van der Waals surface area contributed by atoms with Gasteiger partial charge in [0.05, 0.1) is 25.7 Å². The van der Waals surface area contributed by atoms with Gasteiger partial charge >= 0.3 is 0 Å². The van der Waals surface area contributed by atoms with Crippen LogP contribution in [0.15, 0.2) is 72.3 Å². The minimum Gasteiger partial charge on any atom is -0.497 e. The summed E-state index contributed by atoms with van der Waals surface area (Å²) < 4.78 is 10.8. The van der Waals surface area contributed by atoms with Crippen molar-refractivity contribution in [2.75, 3.05) is 33.9 Å². The molecule has 3 rings (SSSR count). The van der Waals surface area contributed by atoms with Gasteiger partial charge < -0.3 is 30.5 Å². The Morgan fingerprint density at radius 2 is 1.78 bits per heavy atom. The van der Waals surface area contributed by atoms with Crippen LogP contribution in [0.25, 0.3) is 0 Å². The van der Waals surface area contributed by atoms with E-state index in [1.807, 2.05) is 73.4 Å². The molecule has 0 bridgehead atoms. The standard InChI is InChI=1S/C33H45N3O5/c1-5-17-36(18-6-2)32(39)33(16-10-13-25(21-33)31(34)38)28(19-24-11-8-7-9-12-24)29(37)23-35-22-26-14-15-27(40-3)20-30(26)41-4/h7-16,20,28-29,35,37H,5-6,17-19,21-23H2,1-4H3,(H2,34,38)/t28-,29+,33?/m1/s1. The number of allylic oxidation sites excluding steroid dienone is 2. The number of rotatable bonds is 16. The Bertz CT molecular complexity index is 1210. The fourth-order valence-corrected chi connectivity index (χ4v) is 5.67. The number of nitrogens with zero attached hydrogens (tertiary/aromatic N) is 1. The summed E-state index contributed by atoms with van der Waals surface area (Å²) in [5.41, 5.74) is 6.90. The number of hydrogen-bond acceptors (Lipinski definition) is 6. The molecule has 2 amide bonds. The largest absolute Gasteiger partial charge is 0.497 e. The number of hydrogen-bond donors (Lipinski definition) is 3. The van der Waals surface area contributed by atoms with Crippen molar-refractivity contribution in [3.05, 3.63) is 83.5 Å². The molecule has 0 saturated heterocycles. The van der Waals surface area contributed by atoms with E-state index in [2.05, 4.69) is 5.32 Å². The minimum atomic E-state index is -1.14. The van der Waals surface area contributed by atoms with Crippen molar-refractivity contribution in [2.24, 2.45) is 17.1 Å². The summed E-state index contributed by atoms with van der Waals surface area (Å²) in [6, 6.07) is 15.5. The van der Waals surface area contributed by atoms with Gasteiger partial charge in [-0.15, -0.1) is 0 Å². The van der Waals surface area contributed by atoms with E-state index >= 15 is 0 Å². The number of benzene rings is 2. The predicted molar refractivity (Wildman–Crippen MR) is 162 cm³/mol. The van der Waals surface area contributed by atoms with E-state index in [-0.39, 0.29) is 18.9 Å². The van der Waals surface area contributed by atoms with Gasteiger partial charge in [-0.1, -0.05) is 68.5 Å². The van der Waals surface area contributed by atoms with Gasteiger partial charge in [0, 0.05) is 49.3 Å². The number of primary amides is 1. The highest BCUT2D eigenvalue weighted by molar-refractivity contribution is 5.95. The van der Waals surface area contributed by atoms with Gasteiger partial charge in [-0.25, -0.2) is 0 Å². The predicted octanol–water partition coefficient (Wildman–Crippen LogP) is 4.02. The molecule has 0 aromatic heterocycles. The highest BCUT2D eigenvalue weighted by atomic mass is 16.5. The molecule has 2 aromatic rings. The Kier molecular flexibility index (Phi) is 12.0. The van der Waals surface area contributed by atoms with Crippen LogP contribution in [0.3, 0.4) is 0 Å². The second kappa shape index (κ2) is 15.4. The molecule has 2 aromatic carbocycles. The highest BCUT2D eigenvalue weighted by Gasteiger charge is 2.49. The number of aliphatic hydroxyl groups is 1. The van der Waals surface area contributed by atoms with E-state index in [4.69, 9.17) is 15.2 Å². The van der Waals surface area contributed by atoms with Crippen LogP contribution >= 0.6 is 0 Å². The Morgan fingerprint density at radius 3 is 2.39 bits per heavy atom. The maximum Gasteiger partial charge on any atom is 0.244 e. The van der Waals surface area contributed by atoms with Gasteiger partial charge in [0.15, 0.2) is 0 Å². The molecule has 0 fully saturated rings. The van der Waals surface area contributed by atoms with Crippen LogP contribution in [-0.2, 0) is 22.6 Å². The molecular formula is C33H45N3O5. The molecule has 1 aliphatic carbocycles. The van der Waals surface area contributed by atoms with Crippen molar-refractivity contribution >= 4 is 11.8 Å². The summed E-state index contributed by atoms with van der Waals surface area (Å²) in [5, 5.41) is 15.2. The fraction of sp³-hybridized carbons (Fsp3) is 0.455. The van der Waals surface area contributed by atoms with Gasteiger partial charge in [0.25, 0.3) is 0 Å². The van der Waals surface area contributed by atoms with Gasteiger partial charge in [-0.2, -0.15) is 0 Å². The molecule has 4 N–H and O–H groups in total. The van der Waals surface area contributed by atoms with Crippen molar-refractivity contribution in [1.29, 1.82) is 0 Å². The van der Waals surface area contributed by atoms with Gasteiger partial charge in [-0.05, 0) is 37.3 Å². The van der Waals surface area contributed by atoms with Crippen molar-refractivity contribution in [2.45, 2.75) is 52.2 Å². The minimum absolute atomic E-state index is 0.0823. The lowest BCUT2D eigenvalue weighted by Crippen LogP contribution is -2.54. The summed E-state index contributed by atoms with van der Waals surface area (Å²) in [7, 11) is 3.21. The Hall–Kier alpha value is -3.62. The highest BCUT2D eigenvalue weighted by Crippen LogP contribution is 2.44. The average Bonchev–Trinajstić information content (AvgIpc) is 2.99. The number of nitrogens with one attached hydrogen (secondary N) is 1. The van der Waals surface area contributed by atoms with Gasteiger partial charge in [-0.3, -0.25) is 9.59 Å². The van der Waals surface area contributed by atoms with E-state index in [0.717, 1.165) is 24.0 Å². The van der Waals surface area contributed by atoms with Crippen molar-refractivity contribution in [3.8, 4) is 11.5 Å². The van der Waals surface area contributed by atoms with E-state index in [1.165, 1.54) is 0 Å². The lowest BCUT2D eigenvalue weighted by molar-refractivity contribution is -0.145. The third kappa shape index (κ3) is 7.99. The smallest absolute Gasteiger partial charge is 0.244 e. The molecule has 0 saturated carbocycles. The summed E-state index contributed by atoms with van der Waals surface area (Å²) in [4.78, 5) is 28.7. The van der Waals surface area contributed by atoms with Crippen LogP contribution in [0.2, 0.25) is 0 Å². The maximum absolute atomic E-state index is 14.5. The summed E-state index contributed by atoms with van der Waals surface area (Å²) in [6.07, 6.45) is 6.60. The molecule has 8 nitrogen and oxygen atoms in total. The zero-order chi connectivity index (χ0) is 29.8. The summed E-state index contributed by atoms with van der Waals surface area (Å²) in [6.45, 7) is 5.96. The molecule has 0 heterocycles. The molecule has 1 unspecified atom stereocenters. The fourth-order valence-electron chi connectivity index (χ4n) is 5.67. The first-order valence-corrected chi connectivity index (χ1v) is 14.4. The first-order valence-electron chi connectivity index (χ1n) is 14.4. The van der Waals surface area contributed by atoms with Crippen LogP contribution in [0.4, 0.5) is 0 Å². The number of aliphatic hydroxyl groups excluding tert-OH is 1. The van der Waals surface area contributed by atoms with Crippen LogP contribution in [0, 0.1) is 11.3 Å². The lowest BCUT2D eigenvalue weighted by atomic mass is 9.64. The van der Waals surface area contributed by atoms with Crippen LogP contribution in [0.5, 0.6) is 11.5 Å². The number of amides is 2. The maximum atomic E-state index is 14.5. The SMILES string of the molecule is CCCN(CCC)C(=O)C1([C@H](Cc2ccccc2)[C@@H](O)CNCc2ccc(OC)cc2OC)C=CC=C(C(N)=O)C1. The summed E-state index contributed by atoms with van der Waals surface area (Å²) in [5.74, 6) is 0.209. The first kappa shape index (κ1) is 31.9. The van der Waals surface area contributed by atoms with Crippen LogP contribution in [-0.4, -0.2) is 61.8 Å². The summed E-state index contributed by atoms with van der Waals surface area (Å²) >= 11 is 0. The molecule has 0 spiro atoms. The zero-order valence-corrected chi connectivity index (χ0v) is 24.8. The average molecular weight is 564 g/mol. The third-order valence-corrected chi connectivity index (χ3v) is 7.75. The molecular weight excluding hydrogens is 518 g/mol. The number of ether oxygens (including phenoxy) is 2. The van der Waals surface area contributed by atoms with Crippen molar-refractivity contribution < 1.29 is 24.2 Å². The topological polar surface area (TPSA) is 114 Å². The van der Waals surface area contributed by atoms with E-state index in [1.54, 1.807) is 26.4 Å². The molecule has 0 radical (unpaired) electrons. The molecule has 3 atom stereocenters. The van der Waals surface area contributed by atoms with E-state index in [9.17, 15) is 14.7 Å². The quantitative estimate of drug-likeness (QED) is 0.284. The van der Waals surface area contributed by atoms with E-state index in [0.29, 0.717) is 43.1 Å². The van der Waals surface area contributed by atoms with Crippen LogP contribution < -0.4 is 20.5 Å². The molecule has 1 aliphatic rings. The number of nitrogens with two attached hydrogens (primary N) is 1. The number of carbonyl (C=O) groups is 2. The number of carbonyl (C=O) groups excluding carboxylic acids is 2. The third-order valence-electron chi connectivity index (χ3n) is 7.75. The lowest BCUT2D eigenvalue weighted by Gasteiger charge is -2.44. The molecule has 0 aliphatic heterocycles. The van der Waals surface area contributed by atoms with Gasteiger partial charge in [0.1, 0.15) is 11.5 Å². The normalized spacial score (nSPS) is 17.8. The Labute approximate surface area is 244 Å². The second-order valence-corrected chi connectivity index (χ2v) is 10.6. The van der Waals surface area contributed by atoms with E-state index < -0.39 is 23.3 Å². The molecule has 41 heavy (non-hydrogen) atoms. The monoisotopic (exact) mass is 563 g/mol. The zero-order valence-electron chi connectivity index (χ0n) is 24.8. The second-order valence-electron chi connectivity index (χ2n) is 10.6. The Morgan fingerprint density at radius 1 is 1.07 bits per heavy atom. The van der Waals surface area contributed by atoms with Gasteiger partial charge in [0.2, 0.25) is 11.8 Å². The molecule has 222 valence electrons. The molecule has 8 heteroatoms. The first-order chi connectivity index (χ1) is 19.8. The van der Waals surface area contributed by atoms with Crippen molar-refractivity contribution in [3.63, 3.8) is 0 Å². The number of methoxy groups -OCH3 is 2.